The fourth-order valence-electron chi connectivity index (χ4n) is 0.661. The van der Waals surface area contributed by atoms with E-state index in [2.05, 4.69) is 5.32 Å². The molecule has 2 amide bonds. The molecule has 0 spiro atoms. The second-order valence-electron chi connectivity index (χ2n) is 2.31. The minimum absolute atomic E-state index is 0.137. The molecule has 5 nitrogen and oxygen atoms in total. The average Bonchev–Trinajstić information content (AvgIpc) is 2.04. The minimum Gasteiger partial charge on any atom is -0.395 e. The Bertz CT molecular complexity index is 170. The predicted molar refractivity (Wildman–Crippen MR) is 43.4 cm³/mol. The highest BCUT2D eigenvalue weighted by Gasteiger charge is 2.16. The van der Waals surface area contributed by atoms with Crippen LogP contribution in [-0.4, -0.2) is 48.6 Å². The van der Waals surface area contributed by atoms with E-state index >= 15 is 0 Å². The van der Waals surface area contributed by atoms with Gasteiger partial charge in [0.15, 0.2) is 0 Å². The molecule has 0 fully saturated rings. The maximum absolute atomic E-state index is 11.0. The Morgan fingerprint density at radius 2 is 2.08 bits per heavy atom. The lowest BCUT2D eigenvalue weighted by Gasteiger charge is -2.14. The van der Waals surface area contributed by atoms with E-state index in [0.29, 0.717) is 6.54 Å². The van der Waals surface area contributed by atoms with Crippen LogP contribution < -0.4 is 5.32 Å². The first-order chi connectivity index (χ1) is 5.63. The molecule has 0 atom stereocenters. The van der Waals surface area contributed by atoms with Crippen molar-refractivity contribution in [2.24, 2.45) is 0 Å². The first kappa shape index (κ1) is 10.9. The van der Waals surface area contributed by atoms with Gasteiger partial charge >= 0.3 is 11.8 Å². The van der Waals surface area contributed by atoms with Crippen LogP contribution in [0.25, 0.3) is 0 Å². The minimum atomic E-state index is -0.631. The normalized spacial score (nSPS) is 9.25. The molecular weight excluding hydrogens is 160 g/mol. The SMILES string of the molecule is CCNC(=O)C(=O)N(C)CCO. The molecule has 0 aromatic heterocycles. The van der Waals surface area contributed by atoms with Crippen molar-refractivity contribution in [1.82, 2.24) is 10.2 Å². The van der Waals surface area contributed by atoms with Crippen molar-refractivity contribution in [3.05, 3.63) is 0 Å². The van der Waals surface area contributed by atoms with Crippen LogP contribution in [0.15, 0.2) is 0 Å². The molecule has 0 aromatic carbocycles. The van der Waals surface area contributed by atoms with Crippen LogP contribution in [-0.2, 0) is 9.59 Å². The third-order valence-electron chi connectivity index (χ3n) is 1.31. The lowest BCUT2D eigenvalue weighted by atomic mass is 10.4. The molecule has 0 aliphatic rings. The first-order valence-corrected chi connectivity index (χ1v) is 3.77. The Kier molecular flexibility index (Phi) is 5.03. The Labute approximate surface area is 71.4 Å². The van der Waals surface area contributed by atoms with Gasteiger partial charge in [0.2, 0.25) is 0 Å². The fourth-order valence-corrected chi connectivity index (χ4v) is 0.661. The Hall–Kier alpha value is -1.10. The van der Waals surface area contributed by atoms with Crippen molar-refractivity contribution >= 4 is 11.8 Å². The van der Waals surface area contributed by atoms with E-state index in [1.165, 1.54) is 11.9 Å². The molecule has 12 heavy (non-hydrogen) atoms. The Balaban J connectivity index is 3.91. The van der Waals surface area contributed by atoms with Crippen molar-refractivity contribution < 1.29 is 14.7 Å². The van der Waals surface area contributed by atoms with Gasteiger partial charge in [-0.15, -0.1) is 0 Å². The van der Waals surface area contributed by atoms with Gasteiger partial charge in [-0.3, -0.25) is 9.59 Å². The molecule has 2 N–H and O–H groups in total. The number of amides is 2. The zero-order chi connectivity index (χ0) is 9.56. The molecule has 0 rings (SSSR count). The van der Waals surface area contributed by atoms with Crippen molar-refractivity contribution in [2.75, 3.05) is 26.7 Å². The maximum Gasteiger partial charge on any atom is 0.311 e. The predicted octanol–water partition coefficient (Wildman–Crippen LogP) is -1.43. The van der Waals surface area contributed by atoms with Crippen molar-refractivity contribution in [2.45, 2.75) is 6.92 Å². The summed E-state index contributed by atoms with van der Waals surface area (Å²) in [5.74, 6) is -1.25. The third-order valence-corrected chi connectivity index (χ3v) is 1.31. The molecule has 0 heterocycles. The number of nitrogens with zero attached hydrogens (tertiary/aromatic N) is 1. The van der Waals surface area contributed by atoms with Crippen molar-refractivity contribution in [1.29, 1.82) is 0 Å². The van der Waals surface area contributed by atoms with E-state index in [0.717, 1.165) is 0 Å². The lowest BCUT2D eigenvalue weighted by Crippen LogP contribution is -2.41. The van der Waals surface area contributed by atoms with E-state index < -0.39 is 11.8 Å². The largest absolute Gasteiger partial charge is 0.395 e. The van der Waals surface area contributed by atoms with Gasteiger partial charge in [-0.25, -0.2) is 0 Å². The van der Waals surface area contributed by atoms with Crippen molar-refractivity contribution in [3.63, 3.8) is 0 Å². The molecule has 0 aromatic rings. The highest BCUT2D eigenvalue weighted by atomic mass is 16.3. The smallest absolute Gasteiger partial charge is 0.311 e. The van der Waals surface area contributed by atoms with Gasteiger partial charge in [0, 0.05) is 20.1 Å². The van der Waals surface area contributed by atoms with E-state index in [-0.39, 0.29) is 13.2 Å². The van der Waals surface area contributed by atoms with E-state index in [4.69, 9.17) is 5.11 Å². The molecule has 70 valence electrons. The number of hydrogen-bond donors (Lipinski definition) is 2. The summed E-state index contributed by atoms with van der Waals surface area (Å²) in [5.41, 5.74) is 0. The van der Waals surface area contributed by atoms with E-state index in [1.54, 1.807) is 6.92 Å². The molecule has 0 aliphatic carbocycles. The van der Waals surface area contributed by atoms with Gasteiger partial charge in [-0.05, 0) is 6.92 Å². The van der Waals surface area contributed by atoms with Crippen LogP contribution >= 0.6 is 0 Å². The van der Waals surface area contributed by atoms with Gasteiger partial charge in [0.05, 0.1) is 6.61 Å². The molecule has 0 saturated heterocycles. The van der Waals surface area contributed by atoms with Crippen LogP contribution in [0.3, 0.4) is 0 Å². The molecule has 0 bridgehead atoms. The standard InChI is InChI=1S/C7H14N2O3/c1-3-8-6(11)7(12)9(2)4-5-10/h10H,3-5H2,1-2H3,(H,8,11). The highest BCUT2D eigenvalue weighted by Crippen LogP contribution is 1.83. The molecule has 0 unspecified atom stereocenters. The summed E-state index contributed by atoms with van der Waals surface area (Å²) >= 11 is 0. The van der Waals surface area contributed by atoms with Gasteiger partial charge in [-0.1, -0.05) is 0 Å². The number of likely N-dealkylation sites (N-methyl/N-ethyl adjacent to an activating group) is 2. The van der Waals surface area contributed by atoms with Gasteiger partial charge in [0.1, 0.15) is 0 Å². The fraction of sp³-hybridized carbons (Fsp3) is 0.714. The van der Waals surface area contributed by atoms with Crippen LogP contribution in [0.5, 0.6) is 0 Å². The summed E-state index contributed by atoms with van der Waals surface area (Å²) in [6, 6.07) is 0. The van der Waals surface area contributed by atoms with Crippen LogP contribution in [0.4, 0.5) is 0 Å². The zero-order valence-electron chi connectivity index (χ0n) is 7.33. The van der Waals surface area contributed by atoms with Crippen molar-refractivity contribution in [3.8, 4) is 0 Å². The molecule has 0 aliphatic heterocycles. The van der Waals surface area contributed by atoms with Crippen LogP contribution in [0.2, 0.25) is 0 Å². The topological polar surface area (TPSA) is 69.6 Å². The summed E-state index contributed by atoms with van der Waals surface area (Å²) in [4.78, 5) is 23.1. The third kappa shape index (κ3) is 3.34. The summed E-state index contributed by atoms with van der Waals surface area (Å²) in [6.07, 6.45) is 0. The number of carbonyl (C=O) groups is 2. The molecule has 0 saturated carbocycles. The second-order valence-corrected chi connectivity index (χ2v) is 2.31. The quantitative estimate of drug-likeness (QED) is 0.515. The van der Waals surface area contributed by atoms with Gasteiger partial charge in [-0.2, -0.15) is 0 Å². The molecule has 5 heteroatoms. The number of carbonyl (C=O) groups excluding carboxylic acids is 2. The zero-order valence-corrected chi connectivity index (χ0v) is 7.33. The molecule has 0 radical (unpaired) electrons. The number of hydrogen-bond acceptors (Lipinski definition) is 3. The lowest BCUT2D eigenvalue weighted by molar-refractivity contribution is -0.145. The van der Waals surface area contributed by atoms with E-state index in [1.807, 2.05) is 0 Å². The summed E-state index contributed by atoms with van der Waals surface area (Å²) < 4.78 is 0. The number of aliphatic hydroxyl groups excluding tert-OH is 1. The second kappa shape index (κ2) is 5.54. The van der Waals surface area contributed by atoms with Crippen LogP contribution in [0.1, 0.15) is 6.92 Å². The van der Waals surface area contributed by atoms with E-state index in [9.17, 15) is 9.59 Å². The van der Waals surface area contributed by atoms with Crippen LogP contribution in [0, 0.1) is 0 Å². The first-order valence-electron chi connectivity index (χ1n) is 3.77. The van der Waals surface area contributed by atoms with Gasteiger partial charge in [0.25, 0.3) is 0 Å². The number of rotatable bonds is 3. The average molecular weight is 174 g/mol. The number of nitrogens with one attached hydrogen (secondary N) is 1. The summed E-state index contributed by atoms with van der Waals surface area (Å²) in [7, 11) is 1.47. The number of aliphatic hydroxyl groups is 1. The monoisotopic (exact) mass is 174 g/mol. The maximum atomic E-state index is 11.0. The van der Waals surface area contributed by atoms with Gasteiger partial charge < -0.3 is 15.3 Å². The Morgan fingerprint density at radius 3 is 2.50 bits per heavy atom. The summed E-state index contributed by atoms with van der Waals surface area (Å²) in [5, 5.41) is 10.8. The summed E-state index contributed by atoms with van der Waals surface area (Å²) in [6.45, 7) is 2.20. The molecular formula is C7H14N2O3. The highest BCUT2D eigenvalue weighted by molar-refractivity contribution is 6.34. The Morgan fingerprint density at radius 1 is 1.50 bits per heavy atom.